The van der Waals surface area contributed by atoms with E-state index in [-0.39, 0.29) is 5.97 Å². The van der Waals surface area contributed by atoms with E-state index in [2.05, 4.69) is 53.6 Å². The van der Waals surface area contributed by atoms with E-state index in [0.29, 0.717) is 18.7 Å². The Kier molecular flexibility index (Phi) is 5.45. The summed E-state index contributed by atoms with van der Waals surface area (Å²) in [6, 6.07) is 22.5. The SMILES string of the molecule is COCCn1c(C)c(C2(c3ccc(N(C)C)cc3C)OC(=O)c3ccccc32)c2ccccc21. The van der Waals surface area contributed by atoms with E-state index in [1.807, 2.05) is 50.5 Å². The van der Waals surface area contributed by atoms with Crippen LogP contribution in [0.4, 0.5) is 5.69 Å². The third-order valence-electron chi connectivity index (χ3n) is 6.98. The van der Waals surface area contributed by atoms with E-state index in [0.717, 1.165) is 44.5 Å². The summed E-state index contributed by atoms with van der Waals surface area (Å²) >= 11 is 0. The molecule has 0 radical (unpaired) electrons. The molecule has 2 heterocycles. The van der Waals surface area contributed by atoms with E-state index in [1.54, 1.807) is 7.11 Å². The summed E-state index contributed by atoms with van der Waals surface area (Å²) in [5, 5.41) is 1.08. The first-order valence-electron chi connectivity index (χ1n) is 11.6. The number of ether oxygens (including phenoxy) is 2. The second-order valence-corrected chi connectivity index (χ2v) is 9.13. The fraction of sp³-hybridized carbons (Fsp3) is 0.276. The average Bonchev–Trinajstić information content (AvgIpc) is 3.29. The van der Waals surface area contributed by atoms with Gasteiger partial charge < -0.3 is 18.9 Å². The number of carbonyl (C=O) groups is 1. The zero-order chi connectivity index (χ0) is 24.0. The van der Waals surface area contributed by atoms with Crippen LogP contribution in [0.3, 0.4) is 0 Å². The summed E-state index contributed by atoms with van der Waals surface area (Å²) in [6.45, 7) is 5.52. The van der Waals surface area contributed by atoms with Gasteiger partial charge in [0, 0.05) is 66.7 Å². The van der Waals surface area contributed by atoms with Gasteiger partial charge in [-0.3, -0.25) is 0 Å². The molecule has 1 unspecified atom stereocenters. The highest BCUT2D eigenvalue weighted by Crippen LogP contribution is 2.51. The van der Waals surface area contributed by atoms with Gasteiger partial charge in [0.25, 0.3) is 0 Å². The van der Waals surface area contributed by atoms with E-state index < -0.39 is 5.60 Å². The fourth-order valence-electron chi connectivity index (χ4n) is 5.40. The molecule has 0 N–H and O–H groups in total. The number of aryl methyl sites for hydroxylation is 1. The molecule has 0 amide bonds. The van der Waals surface area contributed by atoms with Crippen LogP contribution in [0.5, 0.6) is 0 Å². The van der Waals surface area contributed by atoms with Crippen molar-refractivity contribution in [2.75, 3.05) is 32.7 Å². The van der Waals surface area contributed by atoms with Gasteiger partial charge in [-0.1, -0.05) is 42.5 Å². The third kappa shape index (κ3) is 3.15. The van der Waals surface area contributed by atoms with Crippen molar-refractivity contribution in [3.8, 4) is 0 Å². The molecule has 3 aromatic carbocycles. The first-order valence-corrected chi connectivity index (χ1v) is 11.6. The molecule has 5 heteroatoms. The van der Waals surface area contributed by atoms with Crippen LogP contribution in [0, 0.1) is 13.8 Å². The quantitative estimate of drug-likeness (QED) is 0.364. The third-order valence-corrected chi connectivity index (χ3v) is 6.98. The molecule has 0 saturated carbocycles. The standard InChI is InChI=1S/C29H30N2O3/c1-19-18-21(30(3)4)14-15-24(19)29(25-12-8-6-10-22(25)28(32)34-29)27-20(2)31(16-17-33-5)26-13-9-7-11-23(26)27/h6-15,18H,16-17H2,1-5H3. The molecule has 0 bridgehead atoms. The van der Waals surface area contributed by atoms with Gasteiger partial charge in [0.15, 0.2) is 5.60 Å². The van der Waals surface area contributed by atoms with Crippen LogP contribution < -0.4 is 4.90 Å². The lowest BCUT2D eigenvalue weighted by atomic mass is 9.77. The van der Waals surface area contributed by atoms with Crippen LogP contribution in [0.15, 0.2) is 66.7 Å². The van der Waals surface area contributed by atoms with Crippen molar-refractivity contribution in [1.82, 2.24) is 4.57 Å². The fourth-order valence-corrected chi connectivity index (χ4v) is 5.40. The maximum atomic E-state index is 13.3. The largest absolute Gasteiger partial charge is 0.440 e. The van der Waals surface area contributed by atoms with Crippen molar-refractivity contribution in [2.24, 2.45) is 0 Å². The molecule has 174 valence electrons. The zero-order valence-electron chi connectivity index (χ0n) is 20.4. The minimum Gasteiger partial charge on any atom is -0.440 e. The Balaban J connectivity index is 1.89. The number of anilines is 1. The molecule has 0 saturated heterocycles. The van der Waals surface area contributed by atoms with E-state index >= 15 is 0 Å². The Labute approximate surface area is 200 Å². The molecule has 0 aliphatic carbocycles. The van der Waals surface area contributed by atoms with E-state index in [9.17, 15) is 4.79 Å². The number of nitrogens with zero attached hydrogens (tertiary/aromatic N) is 2. The van der Waals surface area contributed by atoms with E-state index in [4.69, 9.17) is 9.47 Å². The molecule has 5 nitrogen and oxygen atoms in total. The van der Waals surface area contributed by atoms with Gasteiger partial charge in [0.1, 0.15) is 0 Å². The molecule has 0 spiro atoms. The van der Waals surface area contributed by atoms with Crippen molar-refractivity contribution >= 4 is 22.6 Å². The first-order chi connectivity index (χ1) is 16.4. The number of hydrogen-bond acceptors (Lipinski definition) is 4. The van der Waals surface area contributed by atoms with Gasteiger partial charge in [0.05, 0.1) is 12.2 Å². The number of aromatic nitrogens is 1. The number of hydrogen-bond donors (Lipinski definition) is 0. The van der Waals surface area contributed by atoms with Crippen molar-refractivity contribution < 1.29 is 14.3 Å². The molecule has 4 aromatic rings. The molecule has 1 atom stereocenters. The van der Waals surface area contributed by atoms with Crippen molar-refractivity contribution in [3.63, 3.8) is 0 Å². The number of carbonyl (C=O) groups excluding carboxylic acids is 1. The minimum absolute atomic E-state index is 0.292. The van der Waals surface area contributed by atoms with Gasteiger partial charge in [-0.05, 0) is 43.7 Å². The number of fused-ring (bicyclic) bond motifs is 2. The van der Waals surface area contributed by atoms with E-state index in [1.165, 1.54) is 0 Å². The predicted octanol–water partition coefficient (Wildman–Crippen LogP) is 5.43. The van der Waals surface area contributed by atoms with Gasteiger partial charge in [-0.15, -0.1) is 0 Å². The van der Waals surface area contributed by atoms with Crippen LogP contribution in [-0.4, -0.2) is 38.3 Å². The predicted molar refractivity (Wildman–Crippen MR) is 136 cm³/mol. The normalized spacial score (nSPS) is 17.1. The lowest BCUT2D eigenvalue weighted by molar-refractivity contribution is 0.0252. The smallest absolute Gasteiger partial charge is 0.340 e. The molecule has 1 aliphatic rings. The second kappa shape index (κ2) is 8.33. The van der Waals surface area contributed by atoms with Crippen LogP contribution in [0.2, 0.25) is 0 Å². The van der Waals surface area contributed by atoms with Crippen molar-refractivity contribution in [2.45, 2.75) is 26.0 Å². The summed E-state index contributed by atoms with van der Waals surface area (Å²) < 4.78 is 14.2. The average molecular weight is 455 g/mol. The lowest BCUT2D eigenvalue weighted by Gasteiger charge is -2.32. The Morgan fingerprint density at radius 1 is 0.971 bits per heavy atom. The van der Waals surface area contributed by atoms with Crippen LogP contribution >= 0.6 is 0 Å². The summed E-state index contributed by atoms with van der Waals surface area (Å²) in [7, 11) is 5.78. The summed E-state index contributed by atoms with van der Waals surface area (Å²) in [4.78, 5) is 15.4. The highest BCUT2D eigenvalue weighted by atomic mass is 16.6. The van der Waals surface area contributed by atoms with Gasteiger partial charge in [0.2, 0.25) is 0 Å². The Morgan fingerprint density at radius 2 is 1.71 bits per heavy atom. The number of rotatable bonds is 6. The second-order valence-electron chi connectivity index (χ2n) is 9.13. The number of esters is 1. The molecule has 1 aromatic heterocycles. The summed E-state index contributed by atoms with van der Waals surface area (Å²) in [5.74, 6) is -0.292. The monoisotopic (exact) mass is 454 g/mol. The minimum atomic E-state index is -1.04. The number of cyclic esters (lactones) is 1. The topological polar surface area (TPSA) is 43.7 Å². The van der Waals surface area contributed by atoms with Gasteiger partial charge in [-0.25, -0.2) is 4.79 Å². The maximum absolute atomic E-state index is 13.3. The van der Waals surface area contributed by atoms with Gasteiger partial charge >= 0.3 is 5.97 Å². The molecule has 1 aliphatic heterocycles. The molecular weight excluding hydrogens is 424 g/mol. The molecular formula is C29H30N2O3. The first kappa shape index (κ1) is 22.2. The highest BCUT2D eigenvalue weighted by molar-refractivity contribution is 5.99. The summed E-state index contributed by atoms with van der Waals surface area (Å²) in [6.07, 6.45) is 0. The Hall–Kier alpha value is -3.57. The molecule has 0 fully saturated rings. The van der Waals surface area contributed by atoms with Crippen molar-refractivity contribution in [3.05, 3.63) is 100 Å². The summed E-state index contributed by atoms with van der Waals surface area (Å²) in [5.41, 5.74) is 6.81. The van der Waals surface area contributed by atoms with Crippen LogP contribution in [0.25, 0.3) is 10.9 Å². The number of methoxy groups -OCH3 is 1. The maximum Gasteiger partial charge on any atom is 0.340 e. The van der Waals surface area contributed by atoms with Gasteiger partial charge in [-0.2, -0.15) is 0 Å². The Morgan fingerprint density at radius 3 is 2.44 bits per heavy atom. The molecule has 5 rings (SSSR count). The zero-order valence-corrected chi connectivity index (χ0v) is 20.4. The van der Waals surface area contributed by atoms with Crippen LogP contribution in [0.1, 0.15) is 38.3 Å². The van der Waals surface area contributed by atoms with Crippen molar-refractivity contribution in [1.29, 1.82) is 0 Å². The highest BCUT2D eigenvalue weighted by Gasteiger charge is 2.51. The molecule has 34 heavy (non-hydrogen) atoms. The van der Waals surface area contributed by atoms with Crippen LogP contribution in [-0.2, 0) is 21.6 Å². The Bertz CT molecular complexity index is 1400. The number of benzene rings is 3. The lowest BCUT2D eigenvalue weighted by Crippen LogP contribution is -2.31. The number of para-hydroxylation sites is 1.